The maximum absolute atomic E-state index is 12.1. The van der Waals surface area contributed by atoms with Gasteiger partial charge < -0.3 is 10.2 Å². The number of aromatic nitrogens is 1. The van der Waals surface area contributed by atoms with Gasteiger partial charge in [0.05, 0.1) is 23.4 Å². The average Bonchev–Trinajstić information content (AvgIpc) is 3.13. The first-order chi connectivity index (χ1) is 11.1. The van der Waals surface area contributed by atoms with Crippen molar-refractivity contribution in [2.24, 2.45) is 5.10 Å². The summed E-state index contributed by atoms with van der Waals surface area (Å²) >= 11 is 1.50. The fraction of sp³-hybridized carbons (Fsp3) is 0.312. The summed E-state index contributed by atoms with van der Waals surface area (Å²) in [4.78, 5) is 18.0. The molecule has 0 saturated heterocycles. The molecular weight excluding hydrogens is 314 g/mol. The van der Waals surface area contributed by atoms with Gasteiger partial charge in [-0.3, -0.25) is 9.78 Å². The number of fused-ring (bicyclic) bond motifs is 1. The van der Waals surface area contributed by atoms with Crippen molar-refractivity contribution in [1.82, 2.24) is 10.4 Å². The van der Waals surface area contributed by atoms with Crippen molar-refractivity contribution in [2.75, 3.05) is 0 Å². The molecule has 1 aliphatic carbocycles. The Kier molecular flexibility index (Phi) is 4.40. The Bertz CT molecular complexity index is 762. The lowest BCUT2D eigenvalue weighted by molar-refractivity contribution is 0.0959. The van der Waals surface area contributed by atoms with Crippen LogP contribution in [0.3, 0.4) is 0 Å². The number of hydrazone groups is 1. The van der Waals surface area contributed by atoms with Crippen molar-refractivity contribution in [3.05, 3.63) is 44.4 Å². The molecule has 1 amide bonds. The summed E-state index contributed by atoms with van der Waals surface area (Å²) in [5.74, 6) is -0.318. The fourth-order valence-electron chi connectivity index (χ4n) is 2.57. The molecule has 0 atom stereocenters. The standard InChI is InChI=1S/C16H17N3O3S/c1-9-15(21)12(11(8-20)6-17-9)7-18-19-16(22)14-5-10-3-2-4-13(10)23-14/h5-7,20-21H,2-4,8H2,1H3,(H,19,22)/b18-7+. The number of aliphatic hydroxyl groups excluding tert-OH is 1. The number of hydrogen-bond donors (Lipinski definition) is 3. The Morgan fingerprint density at radius 3 is 3.09 bits per heavy atom. The summed E-state index contributed by atoms with van der Waals surface area (Å²) < 4.78 is 0. The lowest BCUT2D eigenvalue weighted by atomic mass is 10.1. The highest BCUT2D eigenvalue weighted by Crippen LogP contribution is 2.30. The average molecular weight is 331 g/mol. The molecule has 120 valence electrons. The zero-order valence-corrected chi connectivity index (χ0v) is 13.5. The number of rotatable bonds is 4. The van der Waals surface area contributed by atoms with Crippen LogP contribution in [0.5, 0.6) is 5.75 Å². The second-order valence-corrected chi connectivity index (χ2v) is 6.54. The fourth-order valence-corrected chi connectivity index (χ4v) is 3.72. The van der Waals surface area contributed by atoms with Gasteiger partial charge in [-0.15, -0.1) is 11.3 Å². The molecule has 0 radical (unpaired) electrons. The summed E-state index contributed by atoms with van der Waals surface area (Å²) in [5, 5.41) is 23.2. The first-order valence-corrected chi connectivity index (χ1v) is 8.15. The van der Waals surface area contributed by atoms with Gasteiger partial charge in [0.15, 0.2) is 0 Å². The van der Waals surface area contributed by atoms with Gasteiger partial charge in [0.25, 0.3) is 5.91 Å². The first-order valence-electron chi connectivity index (χ1n) is 7.33. The molecule has 7 heteroatoms. The summed E-state index contributed by atoms with van der Waals surface area (Å²) in [5.41, 5.74) is 4.96. The predicted molar refractivity (Wildman–Crippen MR) is 88.0 cm³/mol. The van der Waals surface area contributed by atoms with E-state index in [1.165, 1.54) is 34.2 Å². The quantitative estimate of drug-likeness (QED) is 0.589. The lowest BCUT2D eigenvalue weighted by Gasteiger charge is -2.06. The van der Waals surface area contributed by atoms with Gasteiger partial charge in [-0.25, -0.2) is 5.43 Å². The smallest absolute Gasteiger partial charge is 0.281 e. The van der Waals surface area contributed by atoms with E-state index in [0.29, 0.717) is 21.7 Å². The van der Waals surface area contributed by atoms with Gasteiger partial charge in [-0.2, -0.15) is 5.10 Å². The highest BCUT2D eigenvalue weighted by Gasteiger charge is 2.18. The minimum atomic E-state index is -0.270. The van der Waals surface area contributed by atoms with Gasteiger partial charge in [0.2, 0.25) is 0 Å². The number of pyridine rings is 1. The molecule has 3 N–H and O–H groups in total. The van der Waals surface area contributed by atoms with E-state index in [-0.39, 0.29) is 18.3 Å². The van der Waals surface area contributed by atoms with Crippen molar-refractivity contribution < 1.29 is 15.0 Å². The highest BCUT2D eigenvalue weighted by atomic mass is 32.1. The van der Waals surface area contributed by atoms with E-state index < -0.39 is 0 Å². The SMILES string of the molecule is Cc1ncc(CO)c(/C=N/NC(=O)c2cc3c(s2)CCC3)c1O. The molecule has 2 heterocycles. The topological polar surface area (TPSA) is 94.8 Å². The van der Waals surface area contributed by atoms with E-state index >= 15 is 0 Å². The zero-order valence-electron chi connectivity index (χ0n) is 12.7. The predicted octanol–water partition coefficient (Wildman–Crippen LogP) is 1.90. The molecule has 1 aliphatic rings. The molecule has 6 nitrogen and oxygen atoms in total. The monoisotopic (exact) mass is 331 g/mol. The highest BCUT2D eigenvalue weighted by molar-refractivity contribution is 7.14. The molecule has 0 bridgehead atoms. The molecule has 2 aromatic heterocycles. The van der Waals surface area contributed by atoms with E-state index in [2.05, 4.69) is 15.5 Å². The lowest BCUT2D eigenvalue weighted by Crippen LogP contribution is -2.16. The number of aliphatic hydroxyl groups is 1. The van der Waals surface area contributed by atoms with E-state index in [0.717, 1.165) is 19.3 Å². The third-order valence-corrected chi connectivity index (χ3v) is 5.09. The van der Waals surface area contributed by atoms with Crippen LogP contribution in [0.2, 0.25) is 0 Å². The normalized spacial score (nSPS) is 13.5. The molecule has 0 saturated carbocycles. The summed E-state index contributed by atoms with van der Waals surface area (Å²) in [6.07, 6.45) is 6.04. The van der Waals surface area contributed by atoms with E-state index in [4.69, 9.17) is 0 Å². The van der Waals surface area contributed by atoms with Crippen molar-refractivity contribution >= 4 is 23.5 Å². The number of thiophene rings is 1. The molecule has 0 spiro atoms. The molecule has 0 aromatic carbocycles. The second-order valence-electron chi connectivity index (χ2n) is 5.40. The van der Waals surface area contributed by atoms with Crippen LogP contribution in [0, 0.1) is 6.92 Å². The van der Waals surface area contributed by atoms with Crippen LogP contribution in [-0.2, 0) is 19.4 Å². The first kappa shape index (κ1) is 15.6. The van der Waals surface area contributed by atoms with Crippen LogP contribution >= 0.6 is 11.3 Å². The van der Waals surface area contributed by atoms with Crippen molar-refractivity contribution in [3.8, 4) is 5.75 Å². The Hall–Kier alpha value is -2.25. The number of aromatic hydroxyl groups is 1. The number of carbonyl (C=O) groups excluding carboxylic acids is 1. The summed E-state index contributed by atoms with van der Waals surface area (Å²) in [6, 6.07) is 1.92. The zero-order chi connectivity index (χ0) is 16.4. The Balaban J connectivity index is 1.73. The van der Waals surface area contributed by atoms with Crippen LogP contribution in [0.15, 0.2) is 17.4 Å². The molecule has 3 rings (SSSR count). The summed E-state index contributed by atoms with van der Waals surface area (Å²) in [7, 11) is 0. The molecular formula is C16H17N3O3S. The van der Waals surface area contributed by atoms with Crippen LogP contribution in [0.4, 0.5) is 0 Å². The number of carbonyl (C=O) groups is 1. The third kappa shape index (κ3) is 3.11. The van der Waals surface area contributed by atoms with E-state index in [1.807, 2.05) is 6.07 Å². The van der Waals surface area contributed by atoms with Crippen LogP contribution in [0.25, 0.3) is 0 Å². The Morgan fingerprint density at radius 1 is 1.52 bits per heavy atom. The van der Waals surface area contributed by atoms with Crippen molar-refractivity contribution in [1.29, 1.82) is 0 Å². The Labute approximate surface area is 137 Å². The number of amides is 1. The minimum Gasteiger partial charge on any atom is -0.505 e. The number of aryl methyl sites for hydroxylation is 3. The number of nitrogens with one attached hydrogen (secondary N) is 1. The molecule has 0 unspecified atom stereocenters. The van der Waals surface area contributed by atoms with Gasteiger partial charge >= 0.3 is 0 Å². The largest absolute Gasteiger partial charge is 0.505 e. The number of hydrogen-bond acceptors (Lipinski definition) is 6. The Morgan fingerprint density at radius 2 is 2.35 bits per heavy atom. The molecule has 0 fully saturated rings. The number of nitrogens with zero attached hydrogens (tertiary/aromatic N) is 2. The second kappa shape index (κ2) is 6.47. The molecule has 2 aromatic rings. The van der Waals surface area contributed by atoms with E-state index in [1.54, 1.807) is 6.92 Å². The van der Waals surface area contributed by atoms with Gasteiger partial charge in [0, 0.05) is 22.2 Å². The maximum atomic E-state index is 12.1. The van der Waals surface area contributed by atoms with Gasteiger partial charge in [0.1, 0.15) is 5.75 Å². The van der Waals surface area contributed by atoms with Crippen LogP contribution in [-0.4, -0.2) is 27.3 Å². The van der Waals surface area contributed by atoms with E-state index in [9.17, 15) is 15.0 Å². The minimum absolute atomic E-state index is 0.0513. The van der Waals surface area contributed by atoms with Gasteiger partial charge in [-0.1, -0.05) is 0 Å². The molecule has 23 heavy (non-hydrogen) atoms. The van der Waals surface area contributed by atoms with Crippen LogP contribution < -0.4 is 5.43 Å². The molecule has 0 aliphatic heterocycles. The van der Waals surface area contributed by atoms with Crippen molar-refractivity contribution in [2.45, 2.75) is 32.8 Å². The van der Waals surface area contributed by atoms with Gasteiger partial charge in [-0.05, 0) is 37.8 Å². The summed E-state index contributed by atoms with van der Waals surface area (Å²) in [6.45, 7) is 1.38. The maximum Gasteiger partial charge on any atom is 0.281 e. The van der Waals surface area contributed by atoms with Crippen LogP contribution in [0.1, 0.15) is 43.4 Å². The third-order valence-electron chi connectivity index (χ3n) is 3.86. The van der Waals surface area contributed by atoms with Crippen molar-refractivity contribution in [3.63, 3.8) is 0 Å².